The summed E-state index contributed by atoms with van der Waals surface area (Å²) >= 11 is 0. The largest absolute Gasteiger partial charge is 0.394 e. The minimum atomic E-state index is -2.29. The Morgan fingerprint density at radius 3 is 1.12 bits per heavy atom. The zero-order chi connectivity index (χ0) is 53.9. The third-order valence-corrected chi connectivity index (χ3v) is 13.2. The molecule has 0 aromatic carbocycles. The van der Waals surface area contributed by atoms with Gasteiger partial charge in [-0.05, 0) is 0 Å². The average Bonchev–Trinajstić information content (AvgIpc) is 3.36. The van der Waals surface area contributed by atoms with E-state index in [1.807, 2.05) is 0 Å². The first-order chi connectivity index (χ1) is 34.5. The monoisotopic (exact) mass is 1070 g/mol. The van der Waals surface area contributed by atoms with Gasteiger partial charge in [0.05, 0.1) is 39.6 Å². The second-order valence-corrected chi connectivity index (χ2v) is 18.3. The number of carbonyl (C=O) groups excluding carboxylic acids is 2. The van der Waals surface area contributed by atoms with Crippen LogP contribution in [0.15, 0.2) is 0 Å². The highest BCUT2D eigenvalue weighted by Crippen LogP contribution is 2.36. The van der Waals surface area contributed by atoms with Crippen LogP contribution in [0.5, 0.6) is 0 Å². The lowest BCUT2D eigenvalue weighted by atomic mass is 9.94. The molecule has 6 heterocycles. The van der Waals surface area contributed by atoms with Crippen LogP contribution >= 0.6 is 0 Å². The lowest BCUT2D eigenvalue weighted by Gasteiger charge is -2.50. The summed E-state index contributed by atoms with van der Waals surface area (Å²) in [6.45, 7) is -3.55. The Balaban J connectivity index is 1.24. The van der Waals surface area contributed by atoms with Crippen molar-refractivity contribution in [2.75, 3.05) is 39.6 Å². The molecule has 0 spiro atoms. The van der Waals surface area contributed by atoms with Crippen LogP contribution in [-0.4, -0.2) is 327 Å². The van der Waals surface area contributed by atoms with Gasteiger partial charge in [0.1, 0.15) is 146 Å². The number of nitrogens with one attached hydrogen (secondary N) is 2. The molecule has 2 amide bonds. The second kappa shape index (κ2) is 26.0. The summed E-state index contributed by atoms with van der Waals surface area (Å²) in [5, 5.41) is 196. The summed E-state index contributed by atoms with van der Waals surface area (Å²) < 4.78 is 62.6. The van der Waals surface area contributed by atoms with Gasteiger partial charge in [-0.15, -0.1) is 0 Å². The van der Waals surface area contributed by atoms with Crippen LogP contribution < -0.4 is 10.6 Å². The number of aliphatic hydroxyl groups excluding tert-OH is 18. The van der Waals surface area contributed by atoms with E-state index < -0.39 is 236 Å². The van der Waals surface area contributed by atoms with Crippen molar-refractivity contribution < 1.29 is 154 Å². The van der Waals surface area contributed by atoms with Gasteiger partial charge in [0.25, 0.3) is 0 Å². The molecule has 0 aliphatic carbocycles. The van der Waals surface area contributed by atoms with Crippen molar-refractivity contribution >= 4 is 11.8 Å². The van der Waals surface area contributed by atoms with Crippen molar-refractivity contribution in [1.82, 2.24) is 10.6 Å². The summed E-state index contributed by atoms with van der Waals surface area (Å²) in [5.41, 5.74) is 0. The first-order valence-corrected chi connectivity index (χ1v) is 23.1. The summed E-state index contributed by atoms with van der Waals surface area (Å²) in [6.07, 6.45) is -53.2. The lowest BCUT2D eigenvalue weighted by Crippen LogP contribution is -2.70. The molecule has 6 aliphatic rings. The van der Waals surface area contributed by atoms with Crippen molar-refractivity contribution in [2.45, 2.75) is 198 Å². The molecule has 6 fully saturated rings. The topological polar surface area (TPSA) is 524 Å². The third kappa shape index (κ3) is 13.0. The van der Waals surface area contributed by atoms with Gasteiger partial charge in [-0.1, -0.05) is 0 Å². The first-order valence-electron chi connectivity index (χ1n) is 23.1. The molecule has 33 heteroatoms. The van der Waals surface area contributed by atoms with Gasteiger partial charge in [-0.2, -0.15) is 0 Å². The first kappa shape index (κ1) is 60.0. The van der Waals surface area contributed by atoms with Gasteiger partial charge in [0, 0.05) is 13.8 Å². The predicted octanol–water partition coefficient (Wildman–Crippen LogP) is -13.8. The van der Waals surface area contributed by atoms with E-state index in [9.17, 15) is 102 Å². The predicted molar refractivity (Wildman–Crippen MR) is 222 cm³/mol. The number of hydrogen-bond acceptors (Lipinski definition) is 31. The van der Waals surface area contributed by atoms with Crippen LogP contribution in [0.2, 0.25) is 0 Å². The zero-order valence-electron chi connectivity index (χ0n) is 38.9. The van der Waals surface area contributed by atoms with E-state index in [-0.39, 0.29) is 0 Å². The van der Waals surface area contributed by atoms with E-state index in [1.54, 1.807) is 0 Å². The van der Waals surface area contributed by atoms with Crippen LogP contribution in [0, 0.1) is 0 Å². The molecule has 0 saturated carbocycles. The Kier molecular flexibility index (Phi) is 21.3. The van der Waals surface area contributed by atoms with E-state index in [4.69, 9.17) is 52.1 Å². The molecule has 0 radical (unpaired) electrons. The van der Waals surface area contributed by atoms with Gasteiger partial charge in [-0.25, -0.2) is 0 Å². The Morgan fingerprint density at radius 2 is 0.671 bits per heavy atom. The summed E-state index contributed by atoms with van der Waals surface area (Å²) in [7, 11) is 0. The zero-order valence-corrected chi connectivity index (χ0v) is 38.9. The number of amides is 2. The molecule has 6 saturated heterocycles. The maximum atomic E-state index is 12.5. The van der Waals surface area contributed by atoms with Gasteiger partial charge in [0.2, 0.25) is 11.8 Å². The van der Waals surface area contributed by atoms with Crippen molar-refractivity contribution in [3.8, 4) is 0 Å². The molecular formula is C40H68N2O31. The van der Waals surface area contributed by atoms with E-state index in [0.29, 0.717) is 0 Å². The number of hydrogen-bond donors (Lipinski definition) is 20. The molecule has 0 aromatic rings. The van der Waals surface area contributed by atoms with Gasteiger partial charge in [0.15, 0.2) is 37.7 Å². The van der Waals surface area contributed by atoms with Gasteiger partial charge >= 0.3 is 0 Å². The number of ether oxygens (including phenoxy) is 11. The number of aliphatic hydroxyl groups is 18. The smallest absolute Gasteiger partial charge is 0.217 e. The average molecular weight is 1070 g/mol. The van der Waals surface area contributed by atoms with Crippen molar-refractivity contribution in [1.29, 1.82) is 0 Å². The van der Waals surface area contributed by atoms with Crippen molar-refractivity contribution in [3.05, 3.63) is 0 Å². The highest BCUT2D eigenvalue weighted by atomic mass is 16.8. The molecule has 6 rings (SSSR count). The number of carbonyl (C=O) groups is 2. The fourth-order valence-corrected chi connectivity index (χ4v) is 9.23. The molecule has 73 heavy (non-hydrogen) atoms. The Hall–Kier alpha value is -2.22. The Morgan fingerprint density at radius 1 is 0.356 bits per heavy atom. The Labute approximate surface area is 413 Å². The maximum absolute atomic E-state index is 12.5. The molecule has 0 aromatic heterocycles. The molecular weight excluding hydrogens is 1000 g/mol. The molecule has 0 unspecified atom stereocenters. The summed E-state index contributed by atoms with van der Waals surface area (Å²) in [6, 6.07) is -3.26. The molecule has 424 valence electrons. The van der Waals surface area contributed by atoms with Crippen LogP contribution in [0.25, 0.3) is 0 Å². The Bertz CT molecular complexity index is 1740. The van der Waals surface area contributed by atoms with Crippen LogP contribution in [0.1, 0.15) is 13.8 Å². The molecule has 6 aliphatic heterocycles. The SMILES string of the molecule is CC(=O)N[C@@H]1[C@@H](O)[C@H](O[C@H]2O[C@H](CO)[C@@H](O[C@@H]3O[C@H](CO[C@@H]4O[C@H](CO)[C@@H](O)[C@H](O)[C@@H]4O)[C@@H](O[C@H]4O[C@H](CO)[C@@H](O[C@@H]5O[C@H](CO)[C@@H](O)[C@H](O)[C@@H]5O)[C@H](O)[C@@H]4O)[C@H](O)[C@@H]3O)[C@H](O)[C@H]2NC(C)=O)[C@@H](CO)O[C@H]1O. The van der Waals surface area contributed by atoms with E-state index >= 15 is 0 Å². The summed E-state index contributed by atoms with van der Waals surface area (Å²) in [5.74, 6) is -1.53. The van der Waals surface area contributed by atoms with E-state index in [0.717, 1.165) is 13.8 Å². The van der Waals surface area contributed by atoms with Crippen LogP contribution in [0.4, 0.5) is 0 Å². The third-order valence-electron chi connectivity index (χ3n) is 13.2. The highest BCUT2D eigenvalue weighted by molar-refractivity contribution is 5.73. The minimum Gasteiger partial charge on any atom is -0.394 e. The van der Waals surface area contributed by atoms with Gasteiger partial charge in [-0.3, -0.25) is 9.59 Å². The van der Waals surface area contributed by atoms with E-state index in [2.05, 4.69) is 10.6 Å². The standard InChI is InChI=1S/C40H68N2O31/c1-9(48)41-17-21(52)31(13(5-45)64-35(17)62)70-36-18(42-10(2)49)22(53)32(14(6-46)67-36)71-40-30(61)26(57)34(16(69-40)8-63-37-27(58)23(54)19(50)11(3-43)65-37)73-39-29(60)25(56)33(15(7-47)68-39)72-38-28(59)24(55)20(51)12(4-44)66-38/h11-40,43-47,50-62H,3-8H2,1-2H3,(H,41,48)(H,42,49)/t11-,12-,13-,14-,15-,16-,17-,18-,19-,20-,21-,22-,23+,24+,25-,26-,27+,28+,29+,30+,31-,32-,33-,34-,35-,36-,37-,38+,39-,40+/m1/s1. The quantitative estimate of drug-likeness (QED) is 0.0606. The molecule has 33 nitrogen and oxygen atoms in total. The lowest BCUT2D eigenvalue weighted by molar-refractivity contribution is -0.391. The summed E-state index contributed by atoms with van der Waals surface area (Å²) in [4.78, 5) is 24.4. The van der Waals surface area contributed by atoms with Crippen LogP contribution in [0.3, 0.4) is 0 Å². The molecule has 0 bridgehead atoms. The van der Waals surface area contributed by atoms with Crippen molar-refractivity contribution in [3.63, 3.8) is 0 Å². The molecule has 30 atom stereocenters. The van der Waals surface area contributed by atoms with E-state index in [1.165, 1.54) is 0 Å². The number of rotatable bonds is 18. The highest BCUT2D eigenvalue weighted by Gasteiger charge is 2.57. The second-order valence-electron chi connectivity index (χ2n) is 18.3. The van der Waals surface area contributed by atoms with Crippen LogP contribution in [-0.2, 0) is 61.7 Å². The fraction of sp³-hybridized carbons (Fsp3) is 0.950. The van der Waals surface area contributed by atoms with Crippen molar-refractivity contribution in [2.24, 2.45) is 0 Å². The maximum Gasteiger partial charge on any atom is 0.217 e. The van der Waals surface area contributed by atoms with Gasteiger partial charge < -0.3 is 155 Å². The normalized spacial score (nSPS) is 49.8. The fourth-order valence-electron chi connectivity index (χ4n) is 9.23. The molecule has 20 N–H and O–H groups in total. The minimum absolute atomic E-state index is 0.711.